The fourth-order valence-electron chi connectivity index (χ4n) is 4.12. The number of carbonyl (C=O) groups is 1. The van der Waals surface area contributed by atoms with E-state index in [1.54, 1.807) is 4.68 Å². The Morgan fingerprint density at radius 1 is 1.00 bits per heavy atom. The van der Waals surface area contributed by atoms with E-state index in [4.69, 9.17) is 0 Å². The van der Waals surface area contributed by atoms with Crippen LogP contribution in [0.4, 0.5) is 5.82 Å². The number of aromatic nitrogens is 4. The van der Waals surface area contributed by atoms with E-state index < -0.39 is 0 Å². The van der Waals surface area contributed by atoms with E-state index in [-0.39, 0.29) is 5.91 Å². The van der Waals surface area contributed by atoms with Gasteiger partial charge in [-0.2, -0.15) is 10.2 Å². The lowest BCUT2D eigenvalue weighted by molar-refractivity contribution is 0.0735. The maximum Gasteiger partial charge on any atom is 0.272 e. The number of anilines is 1. The number of carbonyl (C=O) groups excluding carboxylic acids is 1. The highest BCUT2D eigenvalue weighted by Gasteiger charge is 2.27. The number of hydrogen-bond acceptors (Lipinski definition) is 5. The van der Waals surface area contributed by atoms with Crippen LogP contribution >= 0.6 is 0 Å². The minimum atomic E-state index is 0.0289. The molecule has 0 bridgehead atoms. The van der Waals surface area contributed by atoms with Crippen LogP contribution in [0, 0.1) is 0 Å². The van der Waals surface area contributed by atoms with Crippen molar-refractivity contribution in [2.24, 2.45) is 7.05 Å². The molecule has 0 N–H and O–H groups in total. The van der Waals surface area contributed by atoms with Crippen LogP contribution in [0.1, 0.15) is 47.4 Å². The quantitative estimate of drug-likeness (QED) is 0.639. The zero-order chi connectivity index (χ0) is 21.4. The molecular formula is C24H28N6O. The number of nitrogens with zero attached hydrogens (tertiary/aromatic N) is 6. The van der Waals surface area contributed by atoms with Crippen LogP contribution in [0.15, 0.2) is 42.5 Å². The van der Waals surface area contributed by atoms with E-state index in [0.29, 0.717) is 24.7 Å². The van der Waals surface area contributed by atoms with Crippen LogP contribution < -0.4 is 4.90 Å². The molecule has 7 nitrogen and oxygen atoms in total. The van der Waals surface area contributed by atoms with Crippen molar-refractivity contribution in [3.63, 3.8) is 0 Å². The van der Waals surface area contributed by atoms with Gasteiger partial charge in [0.05, 0.1) is 11.4 Å². The summed E-state index contributed by atoms with van der Waals surface area (Å²) in [6.45, 7) is 4.98. The molecule has 2 aromatic heterocycles. The van der Waals surface area contributed by atoms with Crippen molar-refractivity contribution in [3.05, 3.63) is 59.4 Å². The van der Waals surface area contributed by atoms with Crippen LogP contribution in [-0.4, -0.2) is 57.0 Å². The van der Waals surface area contributed by atoms with Crippen molar-refractivity contribution in [1.82, 2.24) is 24.9 Å². The van der Waals surface area contributed by atoms with Gasteiger partial charge in [-0.3, -0.25) is 9.48 Å². The maximum absolute atomic E-state index is 13.2. The SMILES string of the molecule is CCc1ccc(-c2cc(C(=O)N3CCN(c4ccc(C5CC5)nn4)CC3)n(C)n2)cc1. The first-order valence-corrected chi connectivity index (χ1v) is 11.1. The molecule has 1 saturated heterocycles. The van der Waals surface area contributed by atoms with E-state index in [0.717, 1.165) is 42.3 Å². The molecule has 1 saturated carbocycles. The monoisotopic (exact) mass is 416 g/mol. The summed E-state index contributed by atoms with van der Waals surface area (Å²) in [5, 5.41) is 13.4. The highest BCUT2D eigenvalue weighted by atomic mass is 16.2. The summed E-state index contributed by atoms with van der Waals surface area (Å²) in [5.41, 5.74) is 4.88. The molecule has 5 rings (SSSR count). The summed E-state index contributed by atoms with van der Waals surface area (Å²) in [7, 11) is 1.84. The molecule has 2 fully saturated rings. The largest absolute Gasteiger partial charge is 0.352 e. The summed E-state index contributed by atoms with van der Waals surface area (Å²) in [4.78, 5) is 17.3. The zero-order valence-corrected chi connectivity index (χ0v) is 18.2. The Bertz CT molecular complexity index is 1060. The third-order valence-corrected chi connectivity index (χ3v) is 6.31. The minimum Gasteiger partial charge on any atom is -0.352 e. The predicted molar refractivity (Wildman–Crippen MR) is 120 cm³/mol. The van der Waals surface area contributed by atoms with Crippen LogP contribution in [0.2, 0.25) is 0 Å². The van der Waals surface area contributed by atoms with Gasteiger partial charge in [-0.15, -0.1) is 5.10 Å². The van der Waals surface area contributed by atoms with Gasteiger partial charge in [0.2, 0.25) is 0 Å². The Hall–Kier alpha value is -3.22. The van der Waals surface area contributed by atoms with Gasteiger partial charge in [0.15, 0.2) is 5.82 Å². The lowest BCUT2D eigenvalue weighted by Crippen LogP contribution is -2.49. The van der Waals surface area contributed by atoms with E-state index >= 15 is 0 Å². The van der Waals surface area contributed by atoms with Crippen LogP contribution in [0.25, 0.3) is 11.3 Å². The highest BCUT2D eigenvalue weighted by Crippen LogP contribution is 2.38. The second-order valence-corrected chi connectivity index (χ2v) is 8.46. The van der Waals surface area contributed by atoms with Crippen molar-refractivity contribution in [1.29, 1.82) is 0 Å². The summed E-state index contributed by atoms with van der Waals surface area (Å²) in [6, 6.07) is 14.4. The summed E-state index contributed by atoms with van der Waals surface area (Å²) < 4.78 is 1.69. The Morgan fingerprint density at radius 2 is 1.74 bits per heavy atom. The average molecular weight is 417 g/mol. The molecule has 31 heavy (non-hydrogen) atoms. The minimum absolute atomic E-state index is 0.0289. The van der Waals surface area contributed by atoms with Crippen molar-refractivity contribution in [3.8, 4) is 11.3 Å². The number of hydrogen-bond donors (Lipinski definition) is 0. The Morgan fingerprint density at radius 3 is 2.35 bits per heavy atom. The summed E-state index contributed by atoms with van der Waals surface area (Å²) in [6.07, 6.45) is 3.47. The molecule has 0 atom stereocenters. The first kappa shape index (κ1) is 19.7. The third-order valence-electron chi connectivity index (χ3n) is 6.31. The first-order chi connectivity index (χ1) is 15.1. The van der Waals surface area contributed by atoms with E-state index in [9.17, 15) is 4.79 Å². The second kappa shape index (κ2) is 8.13. The molecule has 3 aromatic rings. The van der Waals surface area contributed by atoms with Gasteiger partial charge in [-0.1, -0.05) is 31.2 Å². The van der Waals surface area contributed by atoms with E-state index in [2.05, 4.69) is 63.5 Å². The van der Waals surface area contributed by atoms with E-state index in [1.807, 2.05) is 18.0 Å². The van der Waals surface area contributed by atoms with Gasteiger partial charge >= 0.3 is 0 Å². The van der Waals surface area contributed by atoms with Crippen molar-refractivity contribution in [2.45, 2.75) is 32.1 Å². The Labute approximate surface area is 182 Å². The number of aryl methyl sites for hydroxylation is 2. The summed E-state index contributed by atoms with van der Waals surface area (Å²) in [5.74, 6) is 1.54. The van der Waals surface area contributed by atoms with Crippen molar-refractivity contribution < 1.29 is 4.79 Å². The maximum atomic E-state index is 13.2. The number of benzene rings is 1. The molecule has 0 unspecified atom stereocenters. The molecule has 2 aliphatic rings. The predicted octanol–water partition coefficient (Wildman–Crippen LogP) is 3.28. The molecular weight excluding hydrogens is 388 g/mol. The fourth-order valence-corrected chi connectivity index (χ4v) is 4.12. The van der Waals surface area contributed by atoms with Gasteiger partial charge in [0, 0.05) is 44.7 Å². The molecule has 0 spiro atoms. The molecule has 0 radical (unpaired) electrons. The normalized spacial score (nSPS) is 16.6. The Kier molecular flexibility index (Phi) is 5.18. The van der Waals surface area contributed by atoms with Crippen molar-refractivity contribution >= 4 is 11.7 Å². The van der Waals surface area contributed by atoms with Crippen LogP contribution in [0.3, 0.4) is 0 Å². The summed E-state index contributed by atoms with van der Waals surface area (Å²) >= 11 is 0. The van der Waals surface area contributed by atoms with Crippen molar-refractivity contribution in [2.75, 3.05) is 31.1 Å². The van der Waals surface area contributed by atoms with Gasteiger partial charge in [-0.25, -0.2) is 0 Å². The van der Waals surface area contributed by atoms with E-state index in [1.165, 1.54) is 18.4 Å². The topological polar surface area (TPSA) is 67.2 Å². The molecule has 3 heterocycles. The number of amides is 1. The lowest BCUT2D eigenvalue weighted by Gasteiger charge is -2.35. The molecule has 1 aromatic carbocycles. The molecule has 1 aliphatic heterocycles. The highest BCUT2D eigenvalue weighted by molar-refractivity contribution is 5.94. The number of rotatable bonds is 5. The van der Waals surface area contributed by atoms with Gasteiger partial charge in [0.1, 0.15) is 5.69 Å². The van der Waals surface area contributed by atoms with Crippen LogP contribution in [0.5, 0.6) is 0 Å². The van der Waals surface area contributed by atoms with Gasteiger partial charge in [-0.05, 0) is 43.0 Å². The molecule has 7 heteroatoms. The average Bonchev–Trinajstić information content (AvgIpc) is 3.60. The smallest absolute Gasteiger partial charge is 0.272 e. The standard InChI is InChI=1S/C24H28N6O/c1-3-17-4-6-19(7-5-17)21-16-22(28(2)27-21)24(31)30-14-12-29(13-15-30)23-11-10-20(25-26-23)18-8-9-18/h4-7,10-11,16,18H,3,8-9,12-15H2,1-2H3. The Balaban J connectivity index is 1.24. The fraction of sp³-hybridized carbons (Fsp3) is 0.417. The third kappa shape index (κ3) is 4.04. The first-order valence-electron chi connectivity index (χ1n) is 11.1. The molecule has 1 amide bonds. The van der Waals surface area contributed by atoms with Gasteiger partial charge < -0.3 is 9.80 Å². The van der Waals surface area contributed by atoms with Gasteiger partial charge in [0.25, 0.3) is 5.91 Å². The molecule has 160 valence electrons. The number of piperazine rings is 1. The molecule has 1 aliphatic carbocycles. The second-order valence-electron chi connectivity index (χ2n) is 8.46. The zero-order valence-electron chi connectivity index (χ0n) is 18.2. The lowest BCUT2D eigenvalue weighted by atomic mass is 10.1. The van der Waals surface area contributed by atoms with Crippen LogP contribution in [-0.2, 0) is 13.5 Å².